The molecule has 1 aromatic heterocycles. The van der Waals surface area contributed by atoms with Crippen LogP contribution in [0.2, 0.25) is 0 Å². The van der Waals surface area contributed by atoms with Crippen molar-refractivity contribution >= 4 is 5.91 Å². The van der Waals surface area contributed by atoms with E-state index in [4.69, 9.17) is 4.42 Å². The van der Waals surface area contributed by atoms with Crippen molar-refractivity contribution in [2.45, 2.75) is 32.9 Å². The van der Waals surface area contributed by atoms with Crippen molar-refractivity contribution in [1.82, 2.24) is 20.0 Å². The van der Waals surface area contributed by atoms with Crippen LogP contribution in [0.3, 0.4) is 0 Å². The van der Waals surface area contributed by atoms with E-state index in [9.17, 15) is 4.79 Å². The number of aromatic nitrogens is 2. The highest BCUT2D eigenvalue weighted by molar-refractivity contribution is 5.73. The van der Waals surface area contributed by atoms with Gasteiger partial charge < -0.3 is 9.32 Å². The third-order valence-corrected chi connectivity index (χ3v) is 4.72. The summed E-state index contributed by atoms with van der Waals surface area (Å²) in [5.41, 5.74) is 2.18. The van der Waals surface area contributed by atoms with Crippen LogP contribution >= 0.6 is 0 Å². The van der Waals surface area contributed by atoms with Gasteiger partial charge in [0.1, 0.15) is 0 Å². The molecule has 0 bridgehead atoms. The topological polar surface area (TPSA) is 62.5 Å². The summed E-state index contributed by atoms with van der Waals surface area (Å²) in [6.07, 6.45) is 3.20. The summed E-state index contributed by atoms with van der Waals surface area (Å²) < 4.78 is 5.81. The maximum Gasteiger partial charge on any atom is 0.247 e. The Labute approximate surface area is 148 Å². The number of nitrogens with zero attached hydrogens (tertiary/aromatic N) is 4. The Morgan fingerprint density at radius 3 is 2.80 bits per heavy atom. The molecule has 1 aliphatic rings. The molecule has 1 unspecified atom stereocenters. The molecular formula is C19H24N4O2. The van der Waals surface area contributed by atoms with Crippen molar-refractivity contribution in [3.63, 3.8) is 0 Å². The van der Waals surface area contributed by atoms with Crippen LogP contribution in [-0.4, -0.2) is 52.1 Å². The van der Waals surface area contributed by atoms with Crippen molar-refractivity contribution in [3.05, 3.63) is 47.9 Å². The summed E-state index contributed by atoms with van der Waals surface area (Å²) in [4.78, 5) is 15.6. The minimum atomic E-state index is 0.0786. The van der Waals surface area contributed by atoms with E-state index in [-0.39, 0.29) is 11.9 Å². The molecule has 0 N–H and O–H groups in total. The monoisotopic (exact) mass is 340 g/mol. The second kappa shape index (κ2) is 7.61. The number of hydrogen-bond acceptors (Lipinski definition) is 5. The first-order chi connectivity index (χ1) is 12.0. The lowest BCUT2D eigenvalue weighted by Crippen LogP contribution is -2.40. The number of carbonyl (C=O) groups is 1. The molecule has 1 aliphatic heterocycles. The van der Waals surface area contributed by atoms with Gasteiger partial charge in [0, 0.05) is 32.6 Å². The quantitative estimate of drug-likeness (QED) is 0.783. The standard InChI is InChI=1S/C19H24N4O2/c1-14(22(3)15(2)24)17-10-7-11-23(12-17)13-18-20-21-19(25-18)16-8-5-4-6-9-16/h4-6,8-10,14H,7,11-13H2,1-3H3. The highest BCUT2D eigenvalue weighted by atomic mass is 16.4. The number of rotatable bonds is 5. The Hall–Kier alpha value is -2.47. The highest BCUT2D eigenvalue weighted by Crippen LogP contribution is 2.21. The van der Waals surface area contributed by atoms with Gasteiger partial charge in [-0.15, -0.1) is 10.2 Å². The molecule has 0 saturated heterocycles. The Bertz CT molecular complexity index is 754. The van der Waals surface area contributed by atoms with Gasteiger partial charge in [0.05, 0.1) is 12.6 Å². The molecule has 1 atom stereocenters. The molecule has 2 aromatic rings. The van der Waals surface area contributed by atoms with Crippen molar-refractivity contribution in [2.24, 2.45) is 0 Å². The van der Waals surface area contributed by atoms with Crippen molar-refractivity contribution in [3.8, 4) is 11.5 Å². The van der Waals surface area contributed by atoms with Crippen LogP contribution < -0.4 is 0 Å². The summed E-state index contributed by atoms with van der Waals surface area (Å²) in [5.74, 6) is 1.25. The van der Waals surface area contributed by atoms with Crippen LogP contribution in [0.25, 0.3) is 11.5 Å². The Morgan fingerprint density at radius 1 is 1.32 bits per heavy atom. The summed E-state index contributed by atoms with van der Waals surface area (Å²) in [6, 6.07) is 9.88. The molecule has 1 amide bonds. The molecule has 25 heavy (non-hydrogen) atoms. The van der Waals surface area contributed by atoms with Gasteiger partial charge in [-0.3, -0.25) is 9.69 Å². The fourth-order valence-electron chi connectivity index (χ4n) is 3.00. The molecule has 0 saturated carbocycles. The lowest BCUT2D eigenvalue weighted by Gasteiger charge is -2.32. The summed E-state index contributed by atoms with van der Waals surface area (Å²) >= 11 is 0. The van der Waals surface area contributed by atoms with Gasteiger partial charge in [-0.2, -0.15) is 0 Å². The second-order valence-corrected chi connectivity index (χ2v) is 6.45. The van der Waals surface area contributed by atoms with Gasteiger partial charge in [0.25, 0.3) is 0 Å². The zero-order valence-corrected chi connectivity index (χ0v) is 15.0. The predicted molar refractivity (Wildman–Crippen MR) is 95.6 cm³/mol. The van der Waals surface area contributed by atoms with E-state index in [2.05, 4.69) is 28.1 Å². The Morgan fingerprint density at radius 2 is 2.08 bits per heavy atom. The zero-order valence-electron chi connectivity index (χ0n) is 15.0. The Balaban J connectivity index is 1.64. The third kappa shape index (κ3) is 4.14. The fourth-order valence-corrected chi connectivity index (χ4v) is 3.00. The molecule has 0 spiro atoms. The molecule has 6 nitrogen and oxygen atoms in total. The highest BCUT2D eigenvalue weighted by Gasteiger charge is 2.22. The maximum absolute atomic E-state index is 11.6. The van der Waals surface area contributed by atoms with Gasteiger partial charge >= 0.3 is 0 Å². The van der Waals surface area contributed by atoms with Gasteiger partial charge in [0.15, 0.2) is 0 Å². The molecule has 6 heteroatoms. The average molecular weight is 340 g/mol. The van der Waals surface area contributed by atoms with E-state index in [0.29, 0.717) is 18.3 Å². The molecule has 1 aromatic carbocycles. The first-order valence-corrected chi connectivity index (χ1v) is 8.57. The maximum atomic E-state index is 11.6. The molecule has 0 fully saturated rings. The van der Waals surface area contributed by atoms with Crippen molar-refractivity contribution in [2.75, 3.05) is 20.1 Å². The summed E-state index contributed by atoms with van der Waals surface area (Å²) in [6.45, 7) is 6.04. The number of amides is 1. The molecule has 0 radical (unpaired) electrons. The average Bonchev–Trinajstić information content (AvgIpc) is 3.10. The third-order valence-electron chi connectivity index (χ3n) is 4.72. The van der Waals surface area contributed by atoms with Gasteiger partial charge in [-0.25, -0.2) is 0 Å². The number of likely N-dealkylation sites (N-methyl/N-ethyl adjacent to an activating group) is 1. The van der Waals surface area contributed by atoms with E-state index in [1.54, 1.807) is 11.8 Å². The zero-order chi connectivity index (χ0) is 17.8. The first-order valence-electron chi connectivity index (χ1n) is 8.57. The van der Waals surface area contributed by atoms with Crippen molar-refractivity contribution in [1.29, 1.82) is 0 Å². The largest absolute Gasteiger partial charge is 0.419 e. The van der Waals surface area contributed by atoms with E-state index >= 15 is 0 Å². The van der Waals surface area contributed by atoms with Gasteiger partial charge in [-0.1, -0.05) is 24.3 Å². The van der Waals surface area contributed by atoms with Crippen LogP contribution in [-0.2, 0) is 11.3 Å². The van der Waals surface area contributed by atoms with Crippen molar-refractivity contribution < 1.29 is 9.21 Å². The van der Waals surface area contributed by atoms with Crippen LogP contribution in [0.5, 0.6) is 0 Å². The van der Waals surface area contributed by atoms with Crippen LogP contribution in [0.4, 0.5) is 0 Å². The van der Waals surface area contributed by atoms with Crippen LogP contribution in [0, 0.1) is 0 Å². The SMILES string of the molecule is CC(=O)N(C)C(C)C1=CCCN(Cc2nnc(-c3ccccc3)o2)C1. The van der Waals surface area contributed by atoms with Crippen LogP contribution in [0.15, 0.2) is 46.4 Å². The van der Waals surface area contributed by atoms with E-state index < -0.39 is 0 Å². The fraction of sp³-hybridized carbons (Fsp3) is 0.421. The predicted octanol–water partition coefficient (Wildman–Crippen LogP) is 2.74. The van der Waals surface area contributed by atoms with E-state index in [0.717, 1.165) is 25.1 Å². The molecular weight excluding hydrogens is 316 g/mol. The smallest absolute Gasteiger partial charge is 0.247 e. The normalized spacial score (nSPS) is 16.4. The Kier molecular flexibility index (Phi) is 5.28. The second-order valence-electron chi connectivity index (χ2n) is 6.45. The lowest BCUT2D eigenvalue weighted by atomic mass is 10.0. The number of hydrogen-bond donors (Lipinski definition) is 0. The van der Waals surface area contributed by atoms with Crippen LogP contribution in [0.1, 0.15) is 26.2 Å². The molecule has 2 heterocycles. The minimum Gasteiger partial charge on any atom is -0.419 e. The number of benzene rings is 1. The van der Waals surface area contributed by atoms with E-state index in [1.807, 2.05) is 37.4 Å². The van der Waals surface area contributed by atoms with E-state index in [1.165, 1.54) is 5.57 Å². The molecule has 3 rings (SSSR count). The van der Waals surface area contributed by atoms with Gasteiger partial charge in [0.2, 0.25) is 17.7 Å². The number of carbonyl (C=O) groups excluding carboxylic acids is 1. The first kappa shape index (κ1) is 17.4. The summed E-state index contributed by atoms with van der Waals surface area (Å²) in [5, 5.41) is 8.32. The minimum absolute atomic E-state index is 0.0786. The van der Waals surface area contributed by atoms with Gasteiger partial charge in [-0.05, 0) is 31.1 Å². The molecule has 132 valence electrons. The lowest BCUT2D eigenvalue weighted by molar-refractivity contribution is -0.128. The summed E-state index contributed by atoms with van der Waals surface area (Å²) in [7, 11) is 1.84. The molecule has 0 aliphatic carbocycles.